The highest BCUT2D eigenvalue weighted by Gasteiger charge is 2.10. The molecule has 0 unspecified atom stereocenters. The van der Waals surface area contributed by atoms with Gasteiger partial charge in [-0.05, 0) is 40.2 Å². The first-order chi connectivity index (χ1) is 9.58. The molecule has 2 aromatic rings. The molecular formula is C14H12BrFN2O2. The van der Waals surface area contributed by atoms with Gasteiger partial charge in [0.05, 0.1) is 15.8 Å². The van der Waals surface area contributed by atoms with Crippen LogP contribution >= 0.6 is 15.9 Å². The normalized spacial score (nSPS) is 10.1. The predicted octanol–water partition coefficient (Wildman–Crippen LogP) is 3.19. The van der Waals surface area contributed by atoms with Crippen molar-refractivity contribution in [3.05, 3.63) is 52.8 Å². The molecule has 4 nitrogen and oxygen atoms in total. The van der Waals surface area contributed by atoms with E-state index in [1.807, 2.05) is 0 Å². The van der Waals surface area contributed by atoms with Gasteiger partial charge >= 0.3 is 0 Å². The maximum absolute atomic E-state index is 13.4. The molecule has 0 aromatic heterocycles. The van der Waals surface area contributed by atoms with Gasteiger partial charge in [-0.15, -0.1) is 0 Å². The van der Waals surface area contributed by atoms with Crippen molar-refractivity contribution in [1.82, 2.24) is 0 Å². The molecular weight excluding hydrogens is 327 g/mol. The first-order valence-corrected chi connectivity index (χ1v) is 6.58. The minimum Gasteiger partial charge on any atom is -0.480 e. The van der Waals surface area contributed by atoms with Crippen molar-refractivity contribution in [2.75, 3.05) is 17.7 Å². The Hall–Kier alpha value is -2.08. The SMILES string of the molecule is Nc1cccc(Br)c1OCC(=O)Nc1ccccc1F. The number of hydrogen-bond acceptors (Lipinski definition) is 3. The van der Waals surface area contributed by atoms with Crippen molar-refractivity contribution in [1.29, 1.82) is 0 Å². The fourth-order valence-corrected chi connectivity index (χ4v) is 2.06. The molecule has 0 fully saturated rings. The molecule has 0 saturated carbocycles. The largest absolute Gasteiger partial charge is 0.480 e. The van der Waals surface area contributed by atoms with Crippen molar-refractivity contribution >= 4 is 33.2 Å². The molecule has 2 aromatic carbocycles. The summed E-state index contributed by atoms with van der Waals surface area (Å²) >= 11 is 3.28. The van der Waals surface area contributed by atoms with Crippen LogP contribution in [0.2, 0.25) is 0 Å². The maximum atomic E-state index is 13.4. The highest BCUT2D eigenvalue weighted by molar-refractivity contribution is 9.10. The number of hydrogen-bond donors (Lipinski definition) is 2. The minimum absolute atomic E-state index is 0.112. The van der Waals surface area contributed by atoms with Crippen molar-refractivity contribution in [3.8, 4) is 5.75 Å². The molecule has 6 heteroatoms. The van der Waals surface area contributed by atoms with E-state index >= 15 is 0 Å². The molecule has 0 spiro atoms. The third kappa shape index (κ3) is 3.48. The van der Waals surface area contributed by atoms with E-state index in [1.165, 1.54) is 12.1 Å². The van der Waals surface area contributed by atoms with Gasteiger partial charge in [-0.1, -0.05) is 18.2 Å². The standard InChI is InChI=1S/C14H12BrFN2O2/c15-9-4-3-6-11(17)14(9)20-8-13(19)18-12-7-2-1-5-10(12)16/h1-7H,8,17H2,(H,18,19). The van der Waals surface area contributed by atoms with Gasteiger partial charge in [-0.2, -0.15) is 0 Å². The lowest BCUT2D eigenvalue weighted by Gasteiger charge is -2.11. The van der Waals surface area contributed by atoms with Gasteiger partial charge in [0, 0.05) is 0 Å². The molecule has 0 radical (unpaired) electrons. The van der Waals surface area contributed by atoms with E-state index in [2.05, 4.69) is 21.2 Å². The Morgan fingerprint density at radius 3 is 2.70 bits per heavy atom. The summed E-state index contributed by atoms with van der Waals surface area (Å²) in [6, 6.07) is 11.1. The predicted molar refractivity (Wildman–Crippen MR) is 79.1 cm³/mol. The lowest BCUT2D eigenvalue weighted by atomic mass is 10.3. The van der Waals surface area contributed by atoms with Crippen LogP contribution in [0.3, 0.4) is 0 Å². The molecule has 2 rings (SSSR count). The molecule has 0 aliphatic carbocycles. The summed E-state index contributed by atoms with van der Waals surface area (Å²) in [6.45, 7) is -0.263. The summed E-state index contributed by atoms with van der Waals surface area (Å²) in [4.78, 5) is 11.7. The van der Waals surface area contributed by atoms with Crippen LogP contribution in [0.25, 0.3) is 0 Å². The van der Waals surface area contributed by atoms with Crippen molar-refractivity contribution < 1.29 is 13.9 Å². The van der Waals surface area contributed by atoms with E-state index < -0.39 is 11.7 Å². The highest BCUT2D eigenvalue weighted by Crippen LogP contribution is 2.30. The number of halogens is 2. The second-order valence-electron chi connectivity index (χ2n) is 3.97. The summed E-state index contributed by atoms with van der Waals surface area (Å²) in [5.74, 6) is -0.581. The molecule has 0 aliphatic heterocycles. The Balaban J connectivity index is 1.98. The Morgan fingerprint density at radius 1 is 1.25 bits per heavy atom. The van der Waals surface area contributed by atoms with Gasteiger partial charge in [0.1, 0.15) is 5.82 Å². The number of ether oxygens (including phenoxy) is 1. The lowest BCUT2D eigenvalue weighted by Crippen LogP contribution is -2.21. The second-order valence-corrected chi connectivity index (χ2v) is 4.83. The Morgan fingerprint density at radius 2 is 2.00 bits per heavy atom. The van der Waals surface area contributed by atoms with Gasteiger partial charge in [0.15, 0.2) is 12.4 Å². The number of carbonyl (C=O) groups is 1. The summed E-state index contributed by atoms with van der Waals surface area (Å²) in [7, 11) is 0. The van der Waals surface area contributed by atoms with Crippen LogP contribution in [0.1, 0.15) is 0 Å². The van der Waals surface area contributed by atoms with E-state index in [0.29, 0.717) is 15.9 Å². The third-order valence-corrected chi connectivity index (χ3v) is 3.12. The zero-order valence-corrected chi connectivity index (χ0v) is 12.0. The molecule has 1 amide bonds. The number of nitrogens with one attached hydrogen (secondary N) is 1. The Bertz CT molecular complexity index is 614. The molecule has 0 aliphatic rings. The molecule has 0 atom stereocenters. The highest BCUT2D eigenvalue weighted by atomic mass is 79.9. The number of nitrogen functional groups attached to an aromatic ring is 1. The summed E-state index contributed by atoms with van der Waals surface area (Å²) < 4.78 is 19.3. The molecule has 0 bridgehead atoms. The van der Waals surface area contributed by atoms with Crippen molar-refractivity contribution in [3.63, 3.8) is 0 Å². The fourth-order valence-electron chi connectivity index (χ4n) is 1.56. The van der Waals surface area contributed by atoms with E-state index in [9.17, 15) is 9.18 Å². The van der Waals surface area contributed by atoms with Crippen LogP contribution < -0.4 is 15.8 Å². The van der Waals surface area contributed by atoms with Gasteiger partial charge in [0.25, 0.3) is 5.91 Å². The van der Waals surface area contributed by atoms with E-state index in [1.54, 1.807) is 30.3 Å². The van der Waals surface area contributed by atoms with Crippen molar-refractivity contribution in [2.24, 2.45) is 0 Å². The average molecular weight is 339 g/mol. The maximum Gasteiger partial charge on any atom is 0.262 e. The second kappa shape index (κ2) is 6.38. The van der Waals surface area contributed by atoms with Crippen LogP contribution in [0.4, 0.5) is 15.8 Å². The number of amides is 1. The van der Waals surface area contributed by atoms with Crippen LogP contribution in [-0.2, 0) is 4.79 Å². The van der Waals surface area contributed by atoms with Gasteiger partial charge in [-0.3, -0.25) is 4.79 Å². The number of para-hydroxylation sites is 2. The zero-order valence-electron chi connectivity index (χ0n) is 10.4. The van der Waals surface area contributed by atoms with Crippen LogP contribution in [0.5, 0.6) is 5.75 Å². The molecule has 20 heavy (non-hydrogen) atoms. The topological polar surface area (TPSA) is 64.3 Å². The number of anilines is 2. The summed E-state index contributed by atoms with van der Waals surface area (Å²) in [5.41, 5.74) is 6.26. The summed E-state index contributed by atoms with van der Waals surface area (Å²) in [5, 5.41) is 2.42. The average Bonchev–Trinajstić information content (AvgIpc) is 2.41. The van der Waals surface area contributed by atoms with E-state index in [0.717, 1.165) is 0 Å². The first kappa shape index (κ1) is 14.3. The summed E-state index contributed by atoms with van der Waals surface area (Å²) in [6.07, 6.45) is 0. The monoisotopic (exact) mass is 338 g/mol. The fraction of sp³-hybridized carbons (Fsp3) is 0.0714. The number of benzene rings is 2. The van der Waals surface area contributed by atoms with Crippen LogP contribution in [0.15, 0.2) is 46.9 Å². The molecule has 104 valence electrons. The zero-order chi connectivity index (χ0) is 14.5. The Kier molecular flexibility index (Phi) is 4.57. The quantitative estimate of drug-likeness (QED) is 0.841. The molecule has 0 saturated heterocycles. The first-order valence-electron chi connectivity index (χ1n) is 5.79. The molecule has 0 heterocycles. The van der Waals surface area contributed by atoms with Gasteiger partial charge in [-0.25, -0.2) is 4.39 Å². The van der Waals surface area contributed by atoms with E-state index in [4.69, 9.17) is 10.5 Å². The van der Waals surface area contributed by atoms with Crippen molar-refractivity contribution in [2.45, 2.75) is 0 Å². The third-order valence-electron chi connectivity index (χ3n) is 2.49. The van der Waals surface area contributed by atoms with Gasteiger partial charge < -0.3 is 15.8 Å². The molecule has 3 N–H and O–H groups in total. The minimum atomic E-state index is -0.499. The van der Waals surface area contributed by atoms with Gasteiger partial charge in [0.2, 0.25) is 0 Å². The lowest BCUT2D eigenvalue weighted by molar-refractivity contribution is -0.118. The number of rotatable bonds is 4. The smallest absolute Gasteiger partial charge is 0.262 e. The Labute approximate surface area is 123 Å². The van der Waals surface area contributed by atoms with Crippen LogP contribution in [0, 0.1) is 5.82 Å². The van der Waals surface area contributed by atoms with Crippen LogP contribution in [-0.4, -0.2) is 12.5 Å². The number of nitrogens with two attached hydrogens (primary N) is 1. The number of carbonyl (C=O) groups excluding carboxylic acids is 1. The van der Waals surface area contributed by atoms with E-state index in [-0.39, 0.29) is 12.3 Å².